The minimum atomic E-state index is 0.322. The van der Waals surface area contributed by atoms with Crippen LogP contribution in [-0.4, -0.2) is 0 Å². The molecule has 0 bridgehead atoms. The molecule has 0 radical (unpaired) electrons. The van der Waals surface area contributed by atoms with Crippen LogP contribution in [0.1, 0.15) is 11.1 Å². The number of hydrogen-bond acceptors (Lipinski definition) is 2. The van der Waals surface area contributed by atoms with Crippen LogP contribution in [0.3, 0.4) is 0 Å². The van der Waals surface area contributed by atoms with Crippen LogP contribution >= 0.6 is 34.8 Å². The van der Waals surface area contributed by atoms with Gasteiger partial charge >= 0.3 is 0 Å². The predicted octanol–water partition coefficient (Wildman–Crippen LogP) is 5.10. The molecule has 96 valence electrons. The van der Waals surface area contributed by atoms with Crippen LogP contribution in [0, 0.1) is 11.3 Å². The first-order chi connectivity index (χ1) is 9.10. The molecule has 0 unspecified atom stereocenters. The number of hydrogen-bond donors (Lipinski definition) is 0. The molecule has 0 amide bonds. The van der Waals surface area contributed by atoms with Gasteiger partial charge in [0.25, 0.3) is 0 Å². The fraction of sp³-hybridized carbons (Fsp3) is 0.0714. The molecule has 0 spiro atoms. The summed E-state index contributed by atoms with van der Waals surface area (Å²) in [6, 6.07) is 12.2. The number of nitriles is 1. The Kier molecular flexibility index (Phi) is 4.55. The van der Waals surface area contributed by atoms with E-state index in [-0.39, 0.29) is 0 Å². The Morgan fingerprint density at radius 3 is 2.37 bits per heavy atom. The molecule has 0 aliphatic heterocycles. The van der Waals surface area contributed by atoms with Crippen molar-refractivity contribution < 1.29 is 4.74 Å². The highest BCUT2D eigenvalue weighted by molar-refractivity contribution is 6.42. The minimum absolute atomic E-state index is 0.322. The number of benzene rings is 2. The largest absolute Gasteiger partial charge is 0.487 e. The van der Waals surface area contributed by atoms with E-state index < -0.39 is 0 Å². The molecule has 0 saturated heterocycles. The predicted molar refractivity (Wildman–Crippen MR) is 77.0 cm³/mol. The summed E-state index contributed by atoms with van der Waals surface area (Å²) in [6.07, 6.45) is 0. The van der Waals surface area contributed by atoms with E-state index in [2.05, 4.69) is 0 Å². The van der Waals surface area contributed by atoms with Crippen molar-refractivity contribution in [1.82, 2.24) is 0 Å². The van der Waals surface area contributed by atoms with Crippen LogP contribution in [0.4, 0.5) is 0 Å². The zero-order chi connectivity index (χ0) is 13.8. The SMILES string of the molecule is N#Cc1ccc(OCc2ccc(Cl)c(Cl)c2)c(Cl)c1. The highest BCUT2D eigenvalue weighted by Gasteiger charge is 2.05. The van der Waals surface area contributed by atoms with E-state index in [1.807, 2.05) is 12.1 Å². The molecule has 0 aliphatic rings. The monoisotopic (exact) mass is 311 g/mol. The lowest BCUT2D eigenvalue weighted by Gasteiger charge is -2.08. The molecule has 0 fully saturated rings. The van der Waals surface area contributed by atoms with E-state index >= 15 is 0 Å². The Bertz CT molecular complexity index is 650. The first-order valence-corrected chi connectivity index (χ1v) is 6.50. The van der Waals surface area contributed by atoms with Gasteiger partial charge in [-0.25, -0.2) is 0 Å². The van der Waals surface area contributed by atoms with Crippen molar-refractivity contribution >= 4 is 34.8 Å². The second-order valence-corrected chi connectivity index (χ2v) is 5.02. The van der Waals surface area contributed by atoms with Gasteiger partial charge in [0.05, 0.1) is 26.7 Å². The number of halogens is 3. The van der Waals surface area contributed by atoms with Gasteiger partial charge in [-0.1, -0.05) is 40.9 Å². The normalized spacial score (nSPS) is 10.0. The van der Waals surface area contributed by atoms with Crippen LogP contribution < -0.4 is 4.74 Å². The molecular weight excluding hydrogens is 305 g/mol. The molecule has 0 aromatic heterocycles. The number of rotatable bonds is 3. The summed E-state index contributed by atoms with van der Waals surface area (Å²) in [7, 11) is 0. The third kappa shape index (κ3) is 3.54. The van der Waals surface area contributed by atoms with Crippen molar-refractivity contribution in [2.24, 2.45) is 0 Å². The Hall–Kier alpha value is -1.40. The zero-order valence-corrected chi connectivity index (χ0v) is 11.9. The first kappa shape index (κ1) is 14.0. The average molecular weight is 313 g/mol. The second-order valence-electron chi connectivity index (χ2n) is 3.79. The molecule has 0 saturated carbocycles. The van der Waals surface area contributed by atoms with E-state index in [1.165, 1.54) is 0 Å². The summed E-state index contributed by atoms with van der Waals surface area (Å²) in [5.41, 5.74) is 1.38. The van der Waals surface area contributed by atoms with E-state index in [9.17, 15) is 0 Å². The van der Waals surface area contributed by atoms with Gasteiger partial charge in [0.15, 0.2) is 0 Å². The fourth-order valence-corrected chi connectivity index (χ4v) is 2.03. The van der Waals surface area contributed by atoms with Crippen molar-refractivity contribution in [1.29, 1.82) is 5.26 Å². The summed E-state index contributed by atoms with van der Waals surface area (Å²) >= 11 is 17.8. The van der Waals surface area contributed by atoms with Crippen LogP contribution in [0.2, 0.25) is 15.1 Å². The van der Waals surface area contributed by atoms with Gasteiger partial charge in [-0.15, -0.1) is 0 Å². The Morgan fingerprint density at radius 2 is 1.74 bits per heavy atom. The van der Waals surface area contributed by atoms with Gasteiger partial charge in [0.2, 0.25) is 0 Å². The fourth-order valence-electron chi connectivity index (χ4n) is 1.48. The van der Waals surface area contributed by atoms with Crippen molar-refractivity contribution in [3.63, 3.8) is 0 Å². The van der Waals surface area contributed by atoms with Gasteiger partial charge < -0.3 is 4.74 Å². The van der Waals surface area contributed by atoms with E-state index in [0.29, 0.717) is 33.0 Å². The summed E-state index contributed by atoms with van der Waals surface area (Å²) in [4.78, 5) is 0. The molecule has 0 heterocycles. The Balaban J connectivity index is 2.10. The third-order valence-corrected chi connectivity index (χ3v) is 3.47. The smallest absolute Gasteiger partial charge is 0.138 e. The molecule has 2 rings (SSSR count). The maximum Gasteiger partial charge on any atom is 0.138 e. The van der Waals surface area contributed by atoms with Crippen LogP contribution in [0.25, 0.3) is 0 Å². The average Bonchev–Trinajstić information content (AvgIpc) is 2.41. The molecule has 0 N–H and O–H groups in total. The van der Waals surface area contributed by atoms with Crippen LogP contribution in [0.5, 0.6) is 5.75 Å². The number of ether oxygens (including phenoxy) is 1. The van der Waals surface area contributed by atoms with Crippen molar-refractivity contribution in [3.8, 4) is 11.8 Å². The minimum Gasteiger partial charge on any atom is -0.487 e. The molecular formula is C14H8Cl3NO. The first-order valence-electron chi connectivity index (χ1n) is 5.36. The Labute approximate surface area is 126 Å². The maximum absolute atomic E-state index is 8.74. The topological polar surface area (TPSA) is 33.0 Å². The van der Waals surface area contributed by atoms with Crippen molar-refractivity contribution in [2.45, 2.75) is 6.61 Å². The van der Waals surface area contributed by atoms with Gasteiger partial charge in [0, 0.05) is 0 Å². The molecule has 0 aliphatic carbocycles. The summed E-state index contributed by atoms with van der Waals surface area (Å²) in [5.74, 6) is 0.520. The molecule has 5 heteroatoms. The number of nitrogens with zero attached hydrogens (tertiary/aromatic N) is 1. The van der Waals surface area contributed by atoms with Gasteiger partial charge in [0.1, 0.15) is 12.4 Å². The lowest BCUT2D eigenvalue weighted by Crippen LogP contribution is -1.96. The second kappa shape index (κ2) is 6.16. The Morgan fingerprint density at radius 1 is 0.947 bits per heavy atom. The molecule has 19 heavy (non-hydrogen) atoms. The van der Waals surface area contributed by atoms with Gasteiger partial charge in [-0.3, -0.25) is 0 Å². The third-order valence-electron chi connectivity index (χ3n) is 2.44. The van der Waals surface area contributed by atoms with Gasteiger partial charge in [-0.05, 0) is 35.9 Å². The highest BCUT2D eigenvalue weighted by Crippen LogP contribution is 2.27. The molecule has 2 nitrogen and oxygen atoms in total. The van der Waals surface area contributed by atoms with E-state index in [1.54, 1.807) is 30.3 Å². The van der Waals surface area contributed by atoms with Crippen molar-refractivity contribution in [3.05, 3.63) is 62.6 Å². The van der Waals surface area contributed by atoms with E-state index in [4.69, 9.17) is 44.8 Å². The quantitative estimate of drug-likeness (QED) is 0.790. The van der Waals surface area contributed by atoms with Crippen LogP contribution in [-0.2, 0) is 6.61 Å². The molecule has 2 aromatic rings. The van der Waals surface area contributed by atoms with Crippen LogP contribution in [0.15, 0.2) is 36.4 Å². The van der Waals surface area contributed by atoms with E-state index in [0.717, 1.165) is 5.56 Å². The molecule has 2 aromatic carbocycles. The standard InChI is InChI=1S/C14H8Cl3NO/c15-11-3-1-10(6-12(11)16)8-19-14-4-2-9(7-18)5-13(14)17/h1-6H,8H2. The summed E-state index contributed by atoms with van der Waals surface area (Å²) in [5, 5.41) is 10.1. The molecule has 0 atom stereocenters. The summed E-state index contributed by atoms with van der Waals surface area (Å²) in [6.45, 7) is 0.322. The van der Waals surface area contributed by atoms with Crippen molar-refractivity contribution in [2.75, 3.05) is 0 Å². The lowest BCUT2D eigenvalue weighted by atomic mass is 10.2. The summed E-state index contributed by atoms with van der Waals surface area (Å²) < 4.78 is 5.57. The lowest BCUT2D eigenvalue weighted by molar-refractivity contribution is 0.306. The van der Waals surface area contributed by atoms with Gasteiger partial charge in [-0.2, -0.15) is 5.26 Å². The highest BCUT2D eigenvalue weighted by atomic mass is 35.5. The zero-order valence-electron chi connectivity index (χ0n) is 9.66. The maximum atomic E-state index is 8.74.